The first-order valence-electron chi connectivity index (χ1n) is 7.57. The summed E-state index contributed by atoms with van der Waals surface area (Å²) in [7, 11) is 0. The summed E-state index contributed by atoms with van der Waals surface area (Å²) < 4.78 is 10.1. The Morgan fingerprint density at radius 3 is 2.80 bits per heavy atom. The van der Waals surface area contributed by atoms with Gasteiger partial charge in [-0.3, -0.25) is 10.1 Å². The van der Waals surface area contributed by atoms with Gasteiger partial charge in [0.1, 0.15) is 11.9 Å². The molecule has 1 aromatic carbocycles. The quantitative estimate of drug-likeness (QED) is 0.659. The van der Waals surface area contributed by atoms with Gasteiger partial charge in [-0.2, -0.15) is 0 Å². The van der Waals surface area contributed by atoms with E-state index in [0.29, 0.717) is 17.3 Å². The second kappa shape index (κ2) is 9.05. The molecule has 2 rings (SSSR count). The maximum Gasteiger partial charge on any atom is 0.413 e. The summed E-state index contributed by atoms with van der Waals surface area (Å²) in [5.74, 6) is 0.198. The second-order valence-electron chi connectivity index (χ2n) is 5.37. The number of anilines is 1. The molecule has 134 valence electrons. The fourth-order valence-electron chi connectivity index (χ4n) is 2.10. The first-order valence-corrected chi connectivity index (χ1v) is 7.95. The molecule has 0 radical (unpaired) electrons. The van der Waals surface area contributed by atoms with E-state index in [9.17, 15) is 9.59 Å². The molecule has 8 nitrogen and oxygen atoms in total. The Hall–Kier alpha value is -2.58. The van der Waals surface area contributed by atoms with Crippen LogP contribution in [0.1, 0.15) is 17.7 Å². The third-order valence-electron chi connectivity index (χ3n) is 3.21. The van der Waals surface area contributed by atoms with Crippen LogP contribution >= 0.6 is 11.6 Å². The molecule has 4 N–H and O–H groups in total. The molecule has 1 unspecified atom stereocenters. The minimum Gasteiger partial charge on any atom is -0.444 e. The van der Waals surface area contributed by atoms with Crippen LogP contribution in [0.15, 0.2) is 34.9 Å². The third kappa shape index (κ3) is 6.44. The van der Waals surface area contributed by atoms with Crippen molar-refractivity contribution < 1.29 is 18.8 Å². The summed E-state index contributed by atoms with van der Waals surface area (Å²) in [4.78, 5) is 23.1. The van der Waals surface area contributed by atoms with Crippen LogP contribution < -0.4 is 16.4 Å². The van der Waals surface area contributed by atoms with Gasteiger partial charge in [-0.05, 0) is 18.6 Å². The number of carbonyl (C=O) groups is 2. The summed E-state index contributed by atoms with van der Waals surface area (Å²) >= 11 is 6.08. The molecule has 0 saturated heterocycles. The fraction of sp³-hybridized carbons (Fsp3) is 0.312. The minimum atomic E-state index is -0.751. The molecule has 2 amide bonds. The number of halogens is 1. The molecule has 1 heterocycles. The van der Waals surface area contributed by atoms with Crippen LogP contribution in [0, 0.1) is 6.92 Å². The number of nitrogens with one attached hydrogen (secondary N) is 2. The van der Waals surface area contributed by atoms with Crippen molar-refractivity contribution in [2.45, 2.75) is 26.0 Å². The highest BCUT2D eigenvalue weighted by atomic mass is 35.5. The summed E-state index contributed by atoms with van der Waals surface area (Å²) in [5, 5.41) is 9.76. The average Bonchev–Trinajstić information content (AvgIpc) is 2.93. The summed E-state index contributed by atoms with van der Waals surface area (Å²) in [6.07, 6.45) is -1.59. The number of aryl methyl sites for hydroxylation is 1. The van der Waals surface area contributed by atoms with Gasteiger partial charge >= 0.3 is 6.09 Å². The van der Waals surface area contributed by atoms with Gasteiger partial charge in [0.2, 0.25) is 5.91 Å². The van der Waals surface area contributed by atoms with Gasteiger partial charge in [0.25, 0.3) is 0 Å². The van der Waals surface area contributed by atoms with Crippen molar-refractivity contribution in [3.63, 3.8) is 0 Å². The first-order chi connectivity index (χ1) is 11.9. The van der Waals surface area contributed by atoms with E-state index in [0.717, 1.165) is 5.56 Å². The molecule has 1 atom stereocenters. The van der Waals surface area contributed by atoms with E-state index in [1.54, 1.807) is 19.1 Å². The van der Waals surface area contributed by atoms with Crippen LogP contribution in [0.25, 0.3) is 0 Å². The van der Waals surface area contributed by atoms with E-state index in [2.05, 4.69) is 15.8 Å². The molecular formula is C16H19ClN4O4. The zero-order chi connectivity index (χ0) is 18.2. The number of carbonyl (C=O) groups excluding carboxylic acids is 2. The predicted octanol–water partition coefficient (Wildman–Crippen LogP) is 2.22. The van der Waals surface area contributed by atoms with E-state index in [1.165, 1.54) is 0 Å². The van der Waals surface area contributed by atoms with Gasteiger partial charge in [-0.1, -0.05) is 35.0 Å². The number of benzene rings is 1. The maximum atomic E-state index is 11.9. The lowest BCUT2D eigenvalue weighted by atomic mass is 10.2. The Morgan fingerprint density at radius 2 is 2.16 bits per heavy atom. The van der Waals surface area contributed by atoms with Gasteiger partial charge in [-0.25, -0.2) is 4.79 Å². The molecule has 0 spiro atoms. The molecule has 0 aliphatic heterocycles. The third-order valence-corrected chi connectivity index (χ3v) is 3.57. The molecular weight excluding hydrogens is 348 g/mol. The minimum absolute atomic E-state index is 0.110. The van der Waals surface area contributed by atoms with Crippen molar-refractivity contribution >= 4 is 29.4 Å². The monoisotopic (exact) mass is 366 g/mol. The van der Waals surface area contributed by atoms with Crippen LogP contribution in [0.5, 0.6) is 0 Å². The lowest BCUT2D eigenvalue weighted by Crippen LogP contribution is -2.35. The first kappa shape index (κ1) is 18.8. The van der Waals surface area contributed by atoms with Crippen molar-refractivity contribution in [3.05, 3.63) is 46.7 Å². The van der Waals surface area contributed by atoms with Crippen molar-refractivity contribution in [1.29, 1.82) is 0 Å². The number of hydrogen-bond donors (Lipinski definition) is 3. The van der Waals surface area contributed by atoms with Crippen LogP contribution in [0.2, 0.25) is 5.02 Å². The summed E-state index contributed by atoms with van der Waals surface area (Å²) in [6, 6.07) is 8.90. The molecule has 1 aromatic heterocycles. The fourth-order valence-corrected chi connectivity index (χ4v) is 2.30. The van der Waals surface area contributed by atoms with Gasteiger partial charge in [-0.15, -0.1) is 0 Å². The summed E-state index contributed by atoms with van der Waals surface area (Å²) in [6.45, 7) is 2.39. The second-order valence-corrected chi connectivity index (χ2v) is 5.78. The van der Waals surface area contributed by atoms with Crippen molar-refractivity contribution in [3.8, 4) is 0 Å². The summed E-state index contributed by atoms with van der Waals surface area (Å²) in [5.41, 5.74) is 6.10. The van der Waals surface area contributed by atoms with E-state index >= 15 is 0 Å². The largest absolute Gasteiger partial charge is 0.444 e. The number of hydrogen-bond acceptors (Lipinski definition) is 6. The molecule has 2 aromatic rings. The normalized spacial score (nSPS) is 11.8. The van der Waals surface area contributed by atoms with E-state index in [4.69, 9.17) is 26.6 Å². The molecule has 0 aliphatic carbocycles. The molecule has 0 bridgehead atoms. The Labute approximate surface area is 149 Å². The van der Waals surface area contributed by atoms with Crippen molar-refractivity contribution in [2.24, 2.45) is 5.73 Å². The number of amides is 2. The molecule has 0 saturated carbocycles. The zero-order valence-corrected chi connectivity index (χ0v) is 14.4. The van der Waals surface area contributed by atoms with Gasteiger partial charge in [0.05, 0.1) is 6.42 Å². The van der Waals surface area contributed by atoms with Gasteiger partial charge < -0.3 is 20.3 Å². The smallest absolute Gasteiger partial charge is 0.413 e. The highest BCUT2D eigenvalue weighted by Crippen LogP contribution is 2.14. The number of rotatable bonds is 8. The van der Waals surface area contributed by atoms with Crippen LogP contribution in [-0.2, 0) is 16.1 Å². The van der Waals surface area contributed by atoms with E-state index in [1.807, 2.05) is 18.2 Å². The standard InChI is InChI=1S/C16H19ClN4O4/c1-10-6-15(21-25-10)20-16(23)24-12(7-14(18)22)9-19-8-11-4-2-3-5-13(11)17/h2-6,12,19H,7-9H2,1H3,(H2,18,22)(H,20,21,23). The Kier molecular flexibility index (Phi) is 6.79. The highest BCUT2D eigenvalue weighted by Gasteiger charge is 2.18. The molecule has 9 heteroatoms. The van der Waals surface area contributed by atoms with E-state index in [-0.39, 0.29) is 18.8 Å². The Balaban J connectivity index is 1.86. The number of nitrogens with zero attached hydrogens (tertiary/aromatic N) is 1. The Bertz CT molecular complexity index is 734. The van der Waals surface area contributed by atoms with Gasteiger partial charge in [0, 0.05) is 24.2 Å². The lowest BCUT2D eigenvalue weighted by molar-refractivity contribution is -0.119. The van der Waals surface area contributed by atoms with Crippen molar-refractivity contribution in [1.82, 2.24) is 10.5 Å². The maximum absolute atomic E-state index is 11.9. The van der Waals surface area contributed by atoms with E-state index < -0.39 is 18.1 Å². The van der Waals surface area contributed by atoms with Gasteiger partial charge in [0.15, 0.2) is 5.82 Å². The lowest BCUT2D eigenvalue weighted by Gasteiger charge is -2.17. The topological polar surface area (TPSA) is 119 Å². The number of primary amides is 1. The number of ether oxygens (including phenoxy) is 1. The predicted molar refractivity (Wildman–Crippen MR) is 92.1 cm³/mol. The number of aromatic nitrogens is 1. The zero-order valence-electron chi connectivity index (χ0n) is 13.6. The molecule has 25 heavy (non-hydrogen) atoms. The molecule has 0 aliphatic rings. The van der Waals surface area contributed by atoms with Crippen LogP contribution in [0.4, 0.5) is 10.6 Å². The van der Waals surface area contributed by atoms with Crippen LogP contribution in [-0.4, -0.2) is 29.8 Å². The highest BCUT2D eigenvalue weighted by molar-refractivity contribution is 6.31. The van der Waals surface area contributed by atoms with Crippen molar-refractivity contribution in [2.75, 3.05) is 11.9 Å². The number of nitrogens with two attached hydrogens (primary N) is 1. The van der Waals surface area contributed by atoms with Crippen LogP contribution in [0.3, 0.4) is 0 Å². The molecule has 0 fully saturated rings. The Morgan fingerprint density at radius 1 is 1.40 bits per heavy atom. The SMILES string of the molecule is Cc1cc(NC(=O)OC(CNCc2ccccc2Cl)CC(N)=O)no1. The average molecular weight is 367 g/mol.